The summed E-state index contributed by atoms with van der Waals surface area (Å²) < 4.78 is 1.93. The number of thiazole rings is 2. The van der Waals surface area contributed by atoms with Crippen LogP contribution < -0.4 is 5.32 Å². The van der Waals surface area contributed by atoms with E-state index < -0.39 is 0 Å². The molecule has 3 nitrogen and oxygen atoms in total. The Balaban J connectivity index is 1.78. The molecule has 2 aromatic heterocycles. The summed E-state index contributed by atoms with van der Waals surface area (Å²) in [5.41, 5.74) is 2.14. The van der Waals surface area contributed by atoms with E-state index in [1.807, 2.05) is 19.1 Å². The van der Waals surface area contributed by atoms with Crippen LogP contribution >= 0.6 is 34.3 Å². The van der Waals surface area contributed by atoms with Gasteiger partial charge in [-0.1, -0.05) is 11.6 Å². The number of benzene rings is 1. The molecular formula is C12H10ClN3S2. The second-order valence-corrected chi connectivity index (χ2v) is 6.81. The molecular weight excluding hydrogens is 286 g/mol. The lowest BCUT2D eigenvalue weighted by molar-refractivity contribution is 1.10. The lowest BCUT2D eigenvalue weighted by Gasteiger charge is -2.03. The summed E-state index contributed by atoms with van der Waals surface area (Å²) in [4.78, 5) is 8.65. The highest BCUT2D eigenvalue weighted by atomic mass is 35.5. The molecule has 18 heavy (non-hydrogen) atoms. The Labute approximate surface area is 117 Å². The average molecular weight is 296 g/mol. The summed E-state index contributed by atoms with van der Waals surface area (Å²) in [6, 6.07) is 6.20. The fourth-order valence-corrected chi connectivity index (χ4v) is 3.46. The van der Waals surface area contributed by atoms with Crippen LogP contribution in [0, 0.1) is 6.92 Å². The maximum atomic E-state index is 5.84. The van der Waals surface area contributed by atoms with Gasteiger partial charge in [0.2, 0.25) is 0 Å². The molecule has 0 bridgehead atoms. The summed E-state index contributed by atoms with van der Waals surface area (Å²) in [7, 11) is 0. The van der Waals surface area contributed by atoms with Crippen LogP contribution in [-0.2, 0) is 6.54 Å². The number of hydrogen-bond acceptors (Lipinski definition) is 5. The van der Waals surface area contributed by atoms with Gasteiger partial charge in [0.15, 0.2) is 0 Å². The fourth-order valence-electron chi connectivity index (χ4n) is 1.70. The Morgan fingerprint density at radius 1 is 1.33 bits per heavy atom. The number of halogens is 1. The van der Waals surface area contributed by atoms with Crippen LogP contribution in [0.1, 0.15) is 10.0 Å². The zero-order valence-electron chi connectivity index (χ0n) is 9.61. The van der Waals surface area contributed by atoms with Crippen molar-refractivity contribution in [3.8, 4) is 0 Å². The van der Waals surface area contributed by atoms with Crippen molar-refractivity contribution in [1.82, 2.24) is 9.97 Å². The third kappa shape index (κ3) is 2.48. The SMILES string of the molecule is Cc1nc2ccc(NCc3ncc(Cl)s3)cc2s1. The van der Waals surface area contributed by atoms with Gasteiger partial charge in [0.05, 0.1) is 28.0 Å². The standard InChI is InChI=1S/C12H10ClN3S2/c1-7-16-9-3-2-8(4-10(9)17-7)14-6-12-15-5-11(13)18-12/h2-5,14H,6H2,1H3. The van der Waals surface area contributed by atoms with Crippen LogP contribution in [0.5, 0.6) is 0 Å². The van der Waals surface area contributed by atoms with E-state index in [1.165, 1.54) is 16.0 Å². The van der Waals surface area contributed by atoms with Crippen LogP contribution in [0.4, 0.5) is 5.69 Å². The lowest BCUT2D eigenvalue weighted by atomic mass is 10.3. The molecule has 0 radical (unpaired) electrons. The molecule has 3 rings (SSSR count). The number of nitrogens with zero attached hydrogens (tertiary/aromatic N) is 2. The van der Waals surface area contributed by atoms with Gasteiger partial charge in [-0.25, -0.2) is 9.97 Å². The molecule has 0 spiro atoms. The first kappa shape index (κ1) is 11.9. The topological polar surface area (TPSA) is 37.8 Å². The highest BCUT2D eigenvalue weighted by molar-refractivity contribution is 7.18. The molecule has 0 saturated heterocycles. The zero-order chi connectivity index (χ0) is 12.5. The summed E-state index contributed by atoms with van der Waals surface area (Å²) in [6.45, 7) is 2.72. The van der Waals surface area contributed by atoms with Crippen molar-refractivity contribution >= 4 is 50.2 Å². The van der Waals surface area contributed by atoms with E-state index >= 15 is 0 Å². The maximum absolute atomic E-state index is 5.84. The van der Waals surface area contributed by atoms with E-state index in [0.29, 0.717) is 6.54 Å². The molecule has 0 aliphatic rings. The largest absolute Gasteiger partial charge is 0.378 e. The average Bonchev–Trinajstić information content (AvgIpc) is 2.90. The lowest BCUT2D eigenvalue weighted by Crippen LogP contribution is -1.98. The maximum Gasteiger partial charge on any atom is 0.113 e. The summed E-state index contributed by atoms with van der Waals surface area (Å²) in [5, 5.41) is 5.42. The van der Waals surface area contributed by atoms with Gasteiger partial charge in [0.1, 0.15) is 9.34 Å². The highest BCUT2D eigenvalue weighted by Gasteiger charge is 2.03. The normalized spacial score (nSPS) is 11.0. The van der Waals surface area contributed by atoms with Crippen LogP contribution in [-0.4, -0.2) is 9.97 Å². The van der Waals surface area contributed by atoms with Crippen LogP contribution in [0.3, 0.4) is 0 Å². The van der Waals surface area contributed by atoms with E-state index in [2.05, 4.69) is 21.4 Å². The highest BCUT2D eigenvalue weighted by Crippen LogP contribution is 2.25. The molecule has 6 heteroatoms. The smallest absolute Gasteiger partial charge is 0.113 e. The molecule has 0 aliphatic carbocycles. The molecule has 0 atom stereocenters. The number of aryl methyl sites for hydroxylation is 1. The van der Waals surface area contributed by atoms with Crippen molar-refractivity contribution < 1.29 is 0 Å². The molecule has 2 heterocycles. The number of nitrogens with one attached hydrogen (secondary N) is 1. The Hall–Kier alpha value is -1.17. The van der Waals surface area contributed by atoms with Gasteiger partial charge in [-0.15, -0.1) is 22.7 Å². The number of rotatable bonds is 3. The van der Waals surface area contributed by atoms with Crippen LogP contribution in [0.15, 0.2) is 24.4 Å². The minimum Gasteiger partial charge on any atom is -0.378 e. The number of hydrogen-bond donors (Lipinski definition) is 1. The predicted octanol–water partition coefficient (Wildman–Crippen LogP) is 4.33. The second-order valence-electron chi connectivity index (χ2n) is 3.83. The van der Waals surface area contributed by atoms with Crippen molar-refractivity contribution in [1.29, 1.82) is 0 Å². The summed E-state index contributed by atoms with van der Waals surface area (Å²) in [6.07, 6.45) is 1.68. The third-order valence-corrected chi connectivity index (χ3v) is 4.51. The van der Waals surface area contributed by atoms with Crippen molar-refractivity contribution in [2.75, 3.05) is 5.32 Å². The van der Waals surface area contributed by atoms with E-state index in [-0.39, 0.29) is 0 Å². The number of anilines is 1. The quantitative estimate of drug-likeness (QED) is 0.781. The van der Waals surface area contributed by atoms with Crippen molar-refractivity contribution in [2.45, 2.75) is 13.5 Å². The second kappa shape index (κ2) is 4.84. The predicted molar refractivity (Wildman–Crippen MR) is 78.8 cm³/mol. The first-order valence-electron chi connectivity index (χ1n) is 5.42. The molecule has 0 unspecified atom stereocenters. The van der Waals surface area contributed by atoms with Gasteiger partial charge in [-0.2, -0.15) is 0 Å². The van der Waals surface area contributed by atoms with Gasteiger partial charge in [0, 0.05) is 5.69 Å². The summed E-state index contributed by atoms with van der Waals surface area (Å²) in [5.74, 6) is 0. The molecule has 1 aromatic carbocycles. The van der Waals surface area contributed by atoms with E-state index in [9.17, 15) is 0 Å². The zero-order valence-corrected chi connectivity index (χ0v) is 12.0. The van der Waals surface area contributed by atoms with Gasteiger partial charge in [-0.05, 0) is 25.1 Å². The third-order valence-electron chi connectivity index (χ3n) is 2.46. The minimum atomic E-state index is 0.695. The molecule has 92 valence electrons. The minimum absolute atomic E-state index is 0.695. The number of aromatic nitrogens is 2. The fraction of sp³-hybridized carbons (Fsp3) is 0.167. The van der Waals surface area contributed by atoms with E-state index in [0.717, 1.165) is 25.6 Å². The van der Waals surface area contributed by atoms with Gasteiger partial charge in [0.25, 0.3) is 0 Å². The van der Waals surface area contributed by atoms with Gasteiger partial charge < -0.3 is 5.32 Å². The molecule has 0 amide bonds. The Morgan fingerprint density at radius 3 is 3.00 bits per heavy atom. The Morgan fingerprint density at radius 2 is 2.22 bits per heavy atom. The Bertz CT molecular complexity index is 690. The summed E-state index contributed by atoms with van der Waals surface area (Å²) >= 11 is 9.05. The van der Waals surface area contributed by atoms with E-state index in [1.54, 1.807) is 17.5 Å². The molecule has 0 saturated carbocycles. The van der Waals surface area contributed by atoms with Gasteiger partial charge >= 0.3 is 0 Å². The Kier molecular flexibility index (Phi) is 3.20. The molecule has 0 fully saturated rings. The molecule has 1 N–H and O–H groups in total. The van der Waals surface area contributed by atoms with Crippen molar-refractivity contribution in [3.63, 3.8) is 0 Å². The molecule has 3 aromatic rings. The monoisotopic (exact) mass is 295 g/mol. The molecule has 0 aliphatic heterocycles. The van der Waals surface area contributed by atoms with Crippen LogP contribution in [0.25, 0.3) is 10.2 Å². The first-order chi connectivity index (χ1) is 8.70. The van der Waals surface area contributed by atoms with Crippen molar-refractivity contribution in [2.24, 2.45) is 0 Å². The van der Waals surface area contributed by atoms with E-state index in [4.69, 9.17) is 11.6 Å². The number of fused-ring (bicyclic) bond motifs is 1. The van der Waals surface area contributed by atoms with Crippen LogP contribution in [0.2, 0.25) is 4.34 Å². The van der Waals surface area contributed by atoms with Crippen molar-refractivity contribution in [3.05, 3.63) is 38.7 Å². The van der Waals surface area contributed by atoms with Gasteiger partial charge in [-0.3, -0.25) is 0 Å². The first-order valence-corrected chi connectivity index (χ1v) is 7.43.